The van der Waals surface area contributed by atoms with E-state index in [2.05, 4.69) is 34.6 Å². The maximum atomic E-state index is 2.38. The number of rotatable bonds is 0. The van der Waals surface area contributed by atoms with Crippen LogP contribution in [0.15, 0.2) is 0 Å². The van der Waals surface area contributed by atoms with Gasteiger partial charge in [0.2, 0.25) is 0 Å². The van der Waals surface area contributed by atoms with Crippen molar-refractivity contribution in [1.82, 2.24) is 0 Å². The molecule has 1 aliphatic rings. The second kappa shape index (κ2) is 4.79. The van der Waals surface area contributed by atoms with Crippen LogP contribution in [0, 0.1) is 11.3 Å². The smallest absolute Gasteiger partial charge is 0.0329 e. The van der Waals surface area contributed by atoms with E-state index in [0.29, 0.717) is 5.41 Å². The van der Waals surface area contributed by atoms with E-state index in [1.165, 1.54) is 25.7 Å². The summed E-state index contributed by atoms with van der Waals surface area (Å²) in [4.78, 5) is 0. The van der Waals surface area contributed by atoms with Crippen LogP contribution in [-0.2, 0) is 0 Å². The van der Waals surface area contributed by atoms with Gasteiger partial charge in [0.15, 0.2) is 0 Å². The lowest BCUT2D eigenvalue weighted by atomic mass is 9.83. The van der Waals surface area contributed by atoms with Crippen molar-refractivity contribution in [3.8, 4) is 0 Å². The Hall–Kier alpha value is 0. The minimum atomic E-state index is 0.653. The fourth-order valence-corrected chi connectivity index (χ4v) is 1.50. The molecule has 0 N–H and O–H groups in total. The highest BCUT2D eigenvalue weighted by Crippen LogP contribution is 2.41. The summed E-state index contributed by atoms with van der Waals surface area (Å²) in [5.74, 6) is 0.961. The molecule has 0 heterocycles. The summed E-state index contributed by atoms with van der Waals surface area (Å²) in [6.45, 7) is 11.4. The lowest BCUT2D eigenvalue weighted by Crippen LogP contribution is -2.13. The Bertz CT molecular complexity index is 92.2. The summed E-state index contributed by atoms with van der Waals surface area (Å²) in [7, 11) is 0. The monoisotopic (exact) mass is 156 g/mol. The molecular formula is C11H24. The molecule has 0 spiro atoms. The fourth-order valence-electron chi connectivity index (χ4n) is 1.50. The predicted octanol–water partition coefficient (Wildman–Crippen LogP) is 4.25. The lowest BCUT2D eigenvalue weighted by molar-refractivity contribution is 0.281. The highest BCUT2D eigenvalue weighted by Gasteiger charge is 2.30. The van der Waals surface area contributed by atoms with Gasteiger partial charge in [0, 0.05) is 0 Å². The Kier molecular flexibility index (Phi) is 4.79. The first-order chi connectivity index (χ1) is 5.04. The zero-order valence-corrected chi connectivity index (χ0v) is 8.91. The van der Waals surface area contributed by atoms with E-state index < -0.39 is 0 Å². The SMILES string of the molecule is CCC.C[C@H]1CCCC1(C)C. The van der Waals surface area contributed by atoms with Crippen molar-refractivity contribution in [2.45, 2.75) is 60.3 Å². The minimum absolute atomic E-state index is 0.653. The van der Waals surface area contributed by atoms with Gasteiger partial charge >= 0.3 is 0 Å². The van der Waals surface area contributed by atoms with Crippen LogP contribution in [0.4, 0.5) is 0 Å². The van der Waals surface area contributed by atoms with Crippen LogP contribution in [0.2, 0.25) is 0 Å². The van der Waals surface area contributed by atoms with Crippen LogP contribution in [0.3, 0.4) is 0 Å². The third-order valence-electron chi connectivity index (χ3n) is 2.79. The maximum absolute atomic E-state index is 2.38. The summed E-state index contributed by atoms with van der Waals surface area (Å²) >= 11 is 0. The van der Waals surface area contributed by atoms with Gasteiger partial charge in [-0.15, -0.1) is 0 Å². The Morgan fingerprint density at radius 1 is 1.27 bits per heavy atom. The first-order valence-corrected chi connectivity index (χ1v) is 5.04. The van der Waals surface area contributed by atoms with Gasteiger partial charge in [-0.05, 0) is 17.8 Å². The standard InChI is InChI=1S/C8H16.C3H8/c1-7-5-4-6-8(7,2)3;1-3-2/h7H,4-6H2,1-3H3;3H2,1-2H3/t7-;/m0./s1. The largest absolute Gasteiger partial charge is 0.0656 e. The van der Waals surface area contributed by atoms with Crippen molar-refractivity contribution < 1.29 is 0 Å². The molecule has 0 nitrogen and oxygen atoms in total. The molecular weight excluding hydrogens is 132 g/mol. The van der Waals surface area contributed by atoms with E-state index in [1.54, 1.807) is 0 Å². The van der Waals surface area contributed by atoms with E-state index in [4.69, 9.17) is 0 Å². The second-order valence-electron chi connectivity index (χ2n) is 4.49. The summed E-state index contributed by atoms with van der Waals surface area (Å²) < 4.78 is 0. The average molecular weight is 156 g/mol. The quantitative estimate of drug-likeness (QED) is 0.492. The highest BCUT2D eigenvalue weighted by atomic mass is 14.4. The first kappa shape index (κ1) is 11.0. The molecule has 0 bridgehead atoms. The molecule has 0 aromatic carbocycles. The van der Waals surface area contributed by atoms with Crippen molar-refractivity contribution >= 4 is 0 Å². The van der Waals surface area contributed by atoms with Crippen LogP contribution in [0.1, 0.15) is 60.3 Å². The van der Waals surface area contributed by atoms with Gasteiger partial charge in [0.05, 0.1) is 0 Å². The molecule has 1 saturated carbocycles. The minimum Gasteiger partial charge on any atom is -0.0656 e. The van der Waals surface area contributed by atoms with Crippen molar-refractivity contribution in [2.75, 3.05) is 0 Å². The Labute approximate surface area is 72.4 Å². The lowest BCUT2D eigenvalue weighted by Gasteiger charge is -2.22. The van der Waals surface area contributed by atoms with Crippen molar-refractivity contribution in [2.24, 2.45) is 11.3 Å². The zero-order valence-electron chi connectivity index (χ0n) is 8.91. The fraction of sp³-hybridized carbons (Fsp3) is 1.00. The number of hydrogen-bond donors (Lipinski definition) is 0. The average Bonchev–Trinajstić information content (AvgIpc) is 2.14. The summed E-state index contributed by atoms with van der Waals surface area (Å²) in [5.41, 5.74) is 0.653. The molecule has 0 amide bonds. The summed E-state index contributed by atoms with van der Waals surface area (Å²) in [6.07, 6.45) is 5.59. The molecule has 1 rings (SSSR count). The van der Waals surface area contributed by atoms with Crippen LogP contribution in [0.25, 0.3) is 0 Å². The van der Waals surface area contributed by atoms with Crippen molar-refractivity contribution in [3.05, 3.63) is 0 Å². The highest BCUT2D eigenvalue weighted by molar-refractivity contribution is 4.81. The van der Waals surface area contributed by atoms with Gasteiger partial charge < -0.3 is 0 Å². The van der Waals surface area contributed by atoms with Gasteiger partial charge in [-0.2, -0.15) is 0 Å². The van der Waals surface area contributed by atoms with Crippen molar-refractivity contribution in [1.29, 1.82) is 0 Å². The van der Waals surface area contributed by atoms with Crippen LogP contribution >= 0.6 is 0 Å². The number of hydrogen-bond acceptors (Lipinski definition) is 0. The van der Waals surface area contributed by atoms with Crippen LogP contribution < -0.4 is 0 Å². The van der Waals surface area contributed by atoms with E-state index in [0.717, 1.165) is 5.92 Å². The van der Waals surface area contributed by atoms with E-state index in [9.17, 15) is 0 Å². The third kappa shape index (κ3) is 3.79. The molecule has 1 fully saturated rings. The van der Waals surface area contributed by atoms with E-state index in [1.807, 2.05) is 0 Å². The molecule has 0 heteroatoms. The van der Waals surface area contributed by atoms with E-state index in [-0.39, 0.29) is 0 Å². The maximum Gasteiger partial charge on any atom is -0.0329 e. The van der Waals surface area contributed by atoms with Gasteiger partial charge in [0.25, 0.3) is 0 Å². The van der Waals surface area contributed by atoms with Gasteiger partial charge in [-0.25, -0.2) is 0 Å². The Balaban J connectivity index is 0.000000292. The Morgan fingerprint density at radius 3 is 1.82 bits per heavy atom. The van der Waals surface area contributed by atoms with Gasteiger partial charge in [-0.3, -0.25) is 0 Å². The van der Waals surface area contributed by atoms with Gasteiger partial charge in [-0.1, -0.05) is 53.9 Å². The first-order valence-electron chi connectivity index (χ1n) is 5.04. The van der Waals surface area contributed by atoms with E-state index >= 15 is 0 Å². The molecule has 0 unspecified atom stereocenters. The predicted molar refractivity (Wildman–Crippen MR) is 52.8 cm³/mol. The van der Waals surface area contributed by atoms with Gasteiger partial charge in [0.1, 0.15) is 0 Å². The summed E-state index contributed by atoms with van der Waals surface area (Å²) in [6, 6.07) is 0. The Morgan fingerprint density at radius 2 is 1.73 bits per heavy atom. The molecule has 0 aromatic rings. The molecule has 1 aliphatic carbocycles. The van der Waals surface area contributed by atoms with Crippen molar-refractivity contribution in [3.63, 3.8) is 0 Å². The molecule has 11 heavy (non-hydrogen) atoms. The topological polar surface area (TPSA) is 0 Å². The molecule has 1 atom stereocenters. The molecule has 0 aliphatic heterocycles. The van der Waals surface area contributed by atoms with Crippen LogP contribution in [-0.4, -0.2) is 0 Å². The molecule has 0 saturated heterocycles. The summed E-state index contributed by atoms with van der Waals surface area (Å²) in [5, 5.41) is 0. The third-order valence-corrected chi connectivity index (χ3v) is 2.79. The normalized spacial score (nSPS) is 27.5. The molecule has 0 radical (unpaired) electrons. The molecule has 68 valence electrons. The second-order valence-corrected chi connectivity index (χ2v) is 4.49. The zero-order chi connectivity index (χ0) is 8.91. The molecule has 0 aromatic heterocycles. The van der Waals surface area contributed by atoms with Crippen LogP contribution in [0.5, 0.6) is 0 Å².